The van der Waals surface area contributed by atoms with Crippen LogP contribution in [0.1, 0.15) is 47.5 Å². The number of hydrogen-bond acceptors (Lipinski definition) is 3. The van der Waals surface area contributed by atoms with Gasteiger partial charge < -0.3 is 5.32 Å². The van der Waals surface area contributed by atoms with E-state index < -0.39 is 0 Å². The molecule has 1 N–H and O–H groups in total. The van der Waals surface area contributed by atoms with Crippen LogP contribution in [0, 0.1) is 5.92 Å². The van der Waals surface area contributed by atoms with Crippen LogP contribution in [-0.4, -0.2) is 29.9 Å². The van der Waals surface area contributed by atoms with Crippen LogP contribution in [0.2, 0.25) is 0 Å². The van der Waals surface area contributed by atoms with Gasteiger partial charge in [-0.2, -0.15) is 5.10 Å². The van der Waals surface area contributed by atoms with E-state index >= 15 is 0 Å². The van der Waals surface area contributed by atoms with Gasteiger partial charge in [-0.25, -0.2) is 0 Å². The van der Waals surface area contributed by atoms with E-state index in [-0.39, 0.29) is 5.54 Å². The van der Waals surface area contributed by atoms with E-state index in [4.69, 9.17) is 0 Å². The van der Waals surface area contributed by atoms with Gasteiger partial charge in [0.2, 0.25) is 0 Å². The molecule has 0 aromatic rings. The van der Waals surface area contributed by atoms with Crippen LogP contribution in [0.5, 0.6) is 0 Å². The summed E-state index contributed by atoms with van der Waals surface area (Å²) in [7, 11) is 0. The molecular weight excluding hydrogens is 210 g/mol. The summed E-state index contributed by atoms with van der Waals surface area (Å²) in [6.07, 6.45) is 4.39. The van der Waals surface area contributed by atoms with Crippen LogP contribution in [0.15, 0.2) is 16.9 Å². The minimum atomic E-state index is 0.200. The maximum atomic E-state index is 4.18. The van der Waals surface area contributed by atoms with Crippen molar-refractivity contribution in [2.24, 2.45) is 11.0 Å². The van der Waals surface area contributed by atoms with Crippen molar-refractivity contribution in [3.63, 3.8) is 0 Å². The van der Waals surface area contributed by atoms with Crippen LogP contribution in [-0.2, 0) is 0 Å². The molecule has 0 aliphatic carbocycles. The van der Waals surface area contributed by atoms with Crippen LogP contribution in [0.3, 0.4) is 0 Å². The highest BCUT2D eigenvalue weighted by Crippen LogP contribution is 2.24. The van der Waals surface area contributed by atoms with Gasteiger partial charge in [-0.3, -0.25) is 5.01 Å². The Hall–Kier alpha value is -0.830. The SMILES string of the molecule is C=NN(/C=C(\C)C(C)C)C1CCNC(C)(C)C1. The monoisotopic (exact) mass is 237 g/mol. The molecule has 1 unspecified atom stereocenters. The van der Waals surface area contributed by atoms with Gasteiger partial charge in [0.15, 0.2) is 0 Å². The standard InChI is InChI=1S/C14H27N3/c1-11(2)12(3)10-17(15-6)13-7-8-16-14(4,5)9-13/h10-11,13,16H,6-9H2,1-5H3/b12-10+. The van der Waals surface area contributed by atoms with Crippen LogP contribution < -0.4 is 5.32 Å². The molecule has 1 atom stereocenters. The van der Waals surface area contributed by atoms with E-state index in [2.05, 4.69) is 63.0 Å². The second kappa shape index (κ2) is 5.67. The number of nitrogens with one attached hydrogen (secondary N) is 1. The lowest BCUT2D eigenvalue weighted by Gasteiger charge is -2.39. The molecule has 0 saturated carbocycles. The zero-order valence-corrected chi connectivity index (χ0v) is 12.0. The first-order valence-corrected chi connectivity index (χ1v) is 6.54. The van der Waals surface area contributed by atoms with Crippen molar-refractivity contribution in [2.75, 3.05) is 6.54 Å². The van der Waals surface area contributed by atoms with Crippen molar-refractivity contribution in [3.8, 4) is 0 Å². The number of hydrazone groups is 1. The second-order valence-corrected chi connectivity index (χ2v) is 6.01. The van der Waals surface area contributed by atoms with Gasteiger partial charge in [0.25, 0.3) is 0 Å². The van der Waals surface area contributed by atoms with Gasteiger partial charge in [0.1, 0.15) is 0 Å². The zero-order valence-electron chi connectivity index (χ0n) is 12.0. The van der Waals surface area contributed by atoms with Crippen molar-refractivity contribution in [1.29, 1.82) is 0 Å². The molecule has 1 aliphatic rings. The predicted molar refractivity (Wildman–Crippen MR) is 75.1 cm³/mol. The Morgan fingerprint density at radius 1 is 1.53 bits per heavy atom. The Morgan fingerprint density at radius 2 is 2.18 bits per heavy atom. The lowest BCUT2D eigenvalue weighted by Crippen LogP contribution is -2.51. The summed E-state index contributed by atoms with van der Waals surface area (Å²) < 4.78 is 0. The fourth-order valence-electron chi connectivity index (χ4n) is 2.19. The maximum absolute atomic E-state index is 4.18. The van der Waals surface area contributed by atoms with E-state index in [9.17, 15) is 0 Å². The van der Waals surface area contributed by atoms with E-state index in [0.29, 0.717) is 12.0 Å². The Morgan fingerprint density at radius 3 is 2.65 bits per heavy atom. The summed E-state index contributed by atoms with van der Waals surface area (Å²) >= 11 is 0. The summed E-state index contributed by atoms with van der Waals surface area (Å²) in [6.45, 7) is 15.8. The lowest BCUT2D eigenvalue weighted by molar-refractivity contribution is 0.165. The maximum Gasteiger partial charge on any atom is 0.0548 e. The fourth-order valence-corrected chi connectivity index (χ4v) is 2.19. The first kappa shape index (κ1) is 14.2. The first-order chi connectivity index (χ1) is 7.85. The normalized spacial score (nSPS) is 24.8. The van der Waals surface area contributed by atoms with Crippen LogP contribution >= 0.6 is 0 Å². The molecule has 0 aromatic carbocycles. The van der Waals surface area contributed by atoms with Gasteiger partial charge in [0.05, 0.1) is 6.04 Å². The highest BCUT2D eigenvalue weighted by Gasteiger charge is 2.30. The predicted octanol–water partition coefficient (Wildman–Crippen LogP) is 2.99. The van der Waals surface area contributed by atoms with Crippen molar-refractivity contribution in [1.82, 2.24) is 10.3 Å². The lowest BCUT2D eigenvalue weighted by atomic mass is 9.89. The number of hydrogen-bond donors (Lipinski definition) is 1. The molecule has 0 spiro atoms. The molecule has 0 amide bonds. The van der Waals surface area contributed by atoms with Crippen molar-refractivity contribution in [3.05, 3.63) is 11.8 Å². The van der Waals surface area contributed by atoms with Crippen LogP contribution in [0.4, 0.5) is 0 Å². The summed E-state index contributed by atoms with van der Waals surface area (Å²) in [6, 6.07) is 0.470. The first-order valence-electron chi connectivity index (χ1n) is 6.54. The second-order valence-electron chi connectivity index (χ2n) is 6.01. The molecule has 0 aromatic heterocycles. The molecule has 98 valence electrons. The van der Waals surface area contributed by atoms with E-state index in [1.54, 1.807) is 0 Å². The third-order valence-electron chi connectivity index (χ3n) is 3.61. The molecule has 1 heterocycles. The van der Waals surface area contributed by atoms with Crippen molar-refractivity contribution in [2.45, 2.75) is 59.0 Å². The molecular formula is C14H27N3. The van der Waals surface area contributed by atoms with E-state index in [0.717, 1.165) is 19.4 Å². The molecule has 1 saturated heterocycles. The topological polar surface area (TPSA) is 27.6 Å². The third-order valence-corrected chi connectivity index (χ3v) is 3.61. The highest BCUT2D eigenvalue weighted by molar-refractivity contribution is 5.23. The molecule has 0 bridgehead atoms. The van der Waals surface area contributed by atoms with E-state index in [1.807, 2.05) is 0 Å². The average Bonchev–Trinajstić information content (AvgIpc) is 2.23. The van der Waals surface area contributed by atoms with Gasteiger partial charge in [0, 0.05) is 18.5 Å². The number of piperidine rings is 1. The van der Waals surface area contributed by atoms with Gasteiger partial charge >= 0.3 is 0 Å². The average molecular weight is 237 g/mol. The van der Waals surface area contributed by atoms with Crippen molar-refractivity contribution >= 4 is 6.72 Å². The van der Waals surface area contributed by atoms with Crippen molar-refractivity contribution < 1.29 is 0 Å². The molecule has 1 rings (SSSR count). The molecule has 1 fully saturated rings. The molecule has 0 radical (unpaired) electrons. The molecule has 17 heavy (non-hydrogen) atoms. The Labute approximate surface area is 106 Å². The summed E-state index contributed by atoms with van der Waals surface area (Å²) in [4.78, 5) is 0. The smallest absolute Gasteiger partial charge is 0.0548 e. The highest BCUT2D eigenvalue weighted by atomic mass is 15.5. The third kappa shape index (κ3) is 4.15. The van der Waals surface area contributed by atoms with Gasteiger partial charge in [-0.05, 0) is 46.1 Å². The molecule has 1 aliphatic heterocycles. The summed E-state index contributed by atoms with van der Waals surface area (Å²) in [5.74, 6) is 0.564. The number of nitrogens with zero attached hydrogens (tertiary/aromatic N) is 2. The summed E-state index contributed by atoms with van der Waals surface area (Å²) in [5.41, 5.74) is 1.56. The minimum Gasteiger partial charge on any atom is -0.312 e. The molecule has 3 nitrogen and oxygen atoms in total. The number of rotatable bonds is 4. The number of allylic oxidation sites excluding steroid dienone is 1. The minimum absolute atomic E-state index is 0.200. The Kier molecular flexibility index (Phi) is 4.75. The van der Waals surface area contributed by atoms with E-state index in [1.165, 1.54) is 5.57 Å². The van der Waals surface area contributed by atoms with Gasteiger partial charge in [-0.1, -0.05) is 19.4 Å². The largest absolute Gasteiger partial charge is 0.312 e. The molecule has 3 heteroatoms. The van der Waals surface area contributed by atoms with Crippen LogP contribution in [0.25, 0.3) is 0 Å². The quantitative estimate of drug-likeness (QED) is 0.601. The Bertz CT molecular complexity index is 292. The zero-order chi connectivity index (χ0) is 13.1. The van der Waals surface area contributed by atoms with Gasteiger partial charge in [-0.15, -0.1) is 0 Å². The fraction of sp³-hybridized carbons (Fsp3) is 0.786. The summed E-state index contributed by atoms with van der Waals surface area (Å²) in [5, 5.41) is 9.77. The Balaban J connectivity index is 2.74.